The summed E-state index contributed by atoms with van der Waals surface area (Å²) in [4.78, 5) is 19.2. The molecule has 2 aliphatic carbocycles. The van der Waals surface area contributed by atoms with E-state index in [4.69, 9.17) is 11.6 Å². The second-order valence-corrected chi connectivity index (χ2v) is 11.5. The van der Waals surface area contributed by atoms with Gasteiger partial charge in [0.25, 0.3) is 0 Å². The van der Waals surface area contributed by atoms with Crippen molar-refractivity contribution in [2.75, 3.05) is 6.26 Å². The molecule has 6 nitrogen and oxygen atoms in total. The second-order valence-electron chi connectivity index (χ2n) is 9.24. The fourth-order valence-electron chi connectivity index (χ4n) is 5.14. The molecular weight excluding hydrogens is 453 g/mol. The molecule has 2 bridgehead atoms. The van der Waals surface area contributed by atoms with Gasteiger partial charge >= 0.3 is 0 Å². The molecule has 2 unspecified atom stereocenters. The van der Waals surface area contributed by atoms with E-state index in [1.807, 2.05) is 4.90 Å². The van der Waals surface area contributed by atoms with Crippen LogP contribution in [0.4, 0.5) is 4.39 Å². The number of hydrogen-bond acceptors (Lipinski definition) is 4. The van der Waals surface area contributed by atoms with Crippen molar-refractivity contribution >= 4 is 27.5 Å². The fourth-order valence-corrected chi connectivity index (χ4v) is 6.18. The summed E-state index contributed by atoms with van der Waals surface area (Å²) >= 11 is 6.07. The van der Waals surface area contributed by atoms with Crippen molar-refractivity contribution in [2.45, 2.75) is 50.2 Å². The van der Waals surface area contributed by atoms with Crippen molar-refractivity contribution in [1.29, 1.82) is 0 Å². The summed E-state index contributed by atoms with van der Waals surface area (Å²) in [5.74, 6) is -0.230. The first-order valence-corrected chi connectivity index (χ1v) is 13.2. The minimum atomic E-state index is -3.49. The number of halogens is 2. The average molecular weight is 478 g/mol. The number of nitrogens with zero attached hydrogens (tertiary/aromatic N) is 2. The van der Waals surface area contributed by atoms with Crippen LogP contribution in [0.25, 0.3) is 11.3 Å². The molecule has 2 aromatic rings. The van der Waals surface area contributed by atoms with Crippen LogP contribution in [-0.4, -0.2) is 48.6 Å². The lowest BCUT2D eigenvalue weighted by Crippen LogP contribution is -2.70. The van der Waals surface area contributed by atoms with Crippen LogP contribution in [0.2, 0.25) is 5.02 Å². The molecule has 32 heavy (non-hydrogen) atoms. The highest BCUT2D eigenvalue weighted by Gasteiger charge is 2.54. The van der Waals surface area contributed by atoms with Gasteiger partial charge in [0.1, 0.15) is 5.69 Å². The Labute approximate surface area is 192 Å². The molecule has 3 heterocycles. The van der Waals surface area contributed by atoms with Gasteiger partial charge in [-0.1, -0.05) is 23.7 Å². The van der Waals surface area contributed by atoms with Crippen LogP contribution in [-0.2, 0) is 21.2 Å². The van der Waals surface area contributed by atoms with E-state index in [9.17, 15) is 13.2 Å². The van der Waals surface area contributed by atoms with Crippen LogP contribution in [0.5, 0.6) is 0 Å². The highest BCUT2D eigenvalue weighted by Crippen LogP contribution is 2.46. The minimum Gasteiger partial charge on any atom is -0.335 e. The summed E-state index contributed by atoms with van der Waals surface area (Å²) in [6.07, 6.45) is 6.20. The first-order valence-electron chi connectivity index (χ1n) is 10.9. The fraction of sp³-hybridized carbons (Fsp3) is 0.478. The second kappa shape index (κ2) is 8.08. The van der Waals surface area contributed by atoms with Crippen LogP contribution in [0.15, 0.2) is 36.5 Å². The molecule has 2 aliphatic heterocycles. The number of sulfonamides is 1. The van der Waals surface area contributed by atoms with Crippen molar-refractivity contribution in [3.8, 4) is 11.3 Å². The predicted molar refractivity (Wildman–Crippen MR) is 120 cm³/mol. The third kappa shape index (κ3) is 4.16. The summed E-state index contributed by atoms with van der Waals surface area (Å²) in [7, 11) is -3.49. The molecule has 0 radical (unpaired) electrons. The van der Waals surface area contributed by atoms with Crippen LogP contribution >= 0.6 is 11.6 Å². The zero-order valence-electron chi connectivity index (χ0n) is 17.7. The Morgan fingerprint density at radius 3 is 2.69 bits per heavy atom. The van der Waals surface area contributed by atoms with E-state index in [1.54, 1.807) is 36.5 Å². The zero-order chi connectivity index (χ0) is 22.6. The van der Waals surface area contributed by atoms with E-state index < -0.39 is 27.9 Å². The van der Waals surface area contributed by atoms with Crippen molar-refractivity contribution in [2.24, 2.45) is 11.8 Å². The Kier molecular flexibility index (Phi) is 5.50. The number of piperidine rings is 2. The highest BCUT2D eigenvalue weighted by molar-refractivity contribution is 7.88. The molecule has 1 aromatic carbocycles. The Morgan fingerprint density at radius 1 is 1.28 bits per heavy atom. The van der Waals surface area contributed by atoms with E-state index in [0.717, 1.165) is 31.9 Å². The maximum Gasteiger partial charge on any atom is 0.226 e. The minimum absolute atomic E-state index is 0.0119. The number of pyridine rings is 1. The topological polar surface area (TPSA) is 79.4 Å². The number of carbonyl (C=O) groups is 1. The molecule has 2 atom stereocenters. The standard InChI is InChI=1S/C23H25ClFN3O3S/c1-32(30,31)27-21-16-10-18(11-16)28(23(29)13-5-6-13)19(21)12-14-7-8-26-22(20(14)25)15-3-2-4-17(24)9-15/h2-4,7-9,13,16,18-19,21,27H,5-6,10-12H2,1H3. The van der Waals surface area contributed by atoms with Gasteiger partial charge in [-0.25, -0.2) is 17.5 Å². The summed E-state index contributed by atoms with van der Waals surface area (Å²) in [6, 6.07) is 7.71. The van der Waals surface area contributed by atoms with Crippen molar-refractivity contribution in [3.63, 3.8) is 0 Å². The molecular formula is C23H25ClFN3O3S. The van der Waals surface area contributed by atoms with Gasteiger partial charge in [0.15, 0.2) is 5.82 Å². The number of fused-ring (bicyclic) bond motifs is 2. The number of hydrogen-bond donors (Lipinski definition) is 1. The van der Waals surface area contributed by atoms with Gasteiger partial charge in [0, 0.05) is 34.8 Å². The zero-order valence-corrected chi connectivity index (χ0v) is 19.2. The lowest BCUT2D eigenvalue weighted by molar-refractivity contribution is -0.150. The van der Waals surface area contributed by atoms with Gasteiger partial charge in [0.05, 0.1) is 12.3 Å². The van der Waals surface area contributed by atoms with E-state index >= 15 is 4.39 Å². The summed E-state index contributed by atoms with van der Waals surface area (Å²) in [5.41, 5.74) is 1.17. The molecule has 2 saturated carbocycles. The Balaban J connectivity index is 1.51. The lowest BCUT2D eigenvalue weighted by Gasteiger charge is -2.58. The molecule has 170 valence electrons. The van der Waals surface area contributed by atoms with Crippen molar-refractivity contribution in [3.05, 3.63) is 52.9 Å². The molecule has 6 rings (SSSR count). The number of nitrogens with one attached hydrogen (secondary N) is 1. The Hall–Kier alpha value is -2.03. The largest absolute Gasteiger partial charge is 0.335 e. The Morgan fingerprint density at radius 2 is 2.03 bits per heavy atom. The number of carbonyl (C=O) groups excluding carboxylic acids is 1. The Bertz CT molecular complexity index is 1160. The van der Waals surface area contributed by atoms with Crippen LogP contribution in [0.3, 0.4) is 0 Å². The molecule has 1 aromatic heterocycles. The first kappa shape index (κ1) is 21.8. The quantitative estimate of drug-likeness (QED) is 0.691. The summed E-state index contributed by atoms with van der Waals surface area (Å²) in [6.45, 7) is 0. The average Bonchev–Trinajstić information content (AvgIpc) is 3.53. The van der Waals surface area contributed by atoms with Crippen LogP contribution in [0, 0.1) is 17.7 Å². The predicted octanol–water partition coefficient (Wildman–Crippen LogP) is 3.40. The number of rotatable bonds is 6. The van der Waals surface area contributed by atoms with Gasteiger partial charge in [-0.2, -0.15) is 0 Å². The van der Waals surface area contributed by atoms with E-state index in [0.29, 0.717) is 16.1 Å². The maximum absolute atomic E-state index is 15.6. The van der Waals surface area contributed by atoms with Gasteiger partial charge in [-0.15, -0.1) is 0 Å². The summed E-state index contributed by atoms with van der Waals surface area (Å²) < 4.78 is 42.5. The normalized spacial score (nSPS) is 27.2. The molecule has 0 spiro atoms. The highest BCUT2D eigenvalue weighted by atomic mass is 35.5. The van der Waals surface area contributed by atoms with Crippen molar-refractivity contribution < 1.29 is 17.6 Å². The molecule has 2 saturated heterocycles. The number of amides is 1. The third-order valence-corrected chi connectivity index (χ3v) is 7.79. The summed E-state index contributed by atoms with van der Waals surface area (Å²) in [5, 5.41) is 0.486. The van der Waals surface area contributed by atoms with E-state index in [-0.39, 0.29) is 35.9 Å². The maximum atomic E-state index is 15.6. The van der Waals surface area contributed by atoms with E-state index in [1.165, 1.54) is 0 Å². The number of benzene rings is 1. The van der Waals surface area contributed by atoms with Gasteiger partial charge in [0.2, 0.25) is 15.9 Å². The molecule has 1 amide bonds. The van der Waals surface area contributed by atoms with Gasteiger partial charge < -0.3 is 4.90 Å². The third-order valence-electron chi connectivity index (χ3n) is 6.85. The monoisotopic (exact) mass is 477 g/mol. The van der Waals surface area contributed by atoms with Crippen LogP contribution < -0.4 is 4.72 Å². The SMILES string of the molecule is CS(=O)(=O)NC1C2CC(C2)N(C(=O)C2CC2)C1Cc1ccnc(-c2cccc(Cl)c2)c1F. The molecule has 9 heteroatoms. The molecule has 4 aliphatic rings. The number of aromatic nitrogens is 1. The van der Waals surface area contributed by atoms with Gasteiger partial charge in [-0.05, 0) is 61.8 Å². The van der Waals surface area contributed by atoms with Crippen LogP contribution in [0.1, 0.15) is 31.2 Å². The molecule has 4 fully saturated rings. The lowest BCUT2D eigenvalue weighted by atomic mass is 9.66. The van der Waals surface area contributed by atoms with E-state index in [2.05, 4.69) is 9.71 Å². The van der Waals surface area contributed by atoms with Gasteiger partial charge in [-0.3, -0.25) is 9.78 Å². The molecule has 1 N–H and O–H groups in total. The first-order chi connectivity index (χ1) is 15.2. The van der Waals surface area contributed by atoms with Crippen molar-refractivity contribution in [1.82, 2.24) is 14.6 Å². The smallest absolute Gasteiger partial charge is 0.226 e.